The van der Waals surface area contributed by atoms with Gasteiger partial charge in [0.1, 0.15) is 5.69 Å². The summed E-state index contributed by atoms with van der Waals surface area (Å²) in [5, 5.41) is 0.887. The number of aromatic nitrogens is 2. The second kappa shape index (κ2) is 9.14. The molecule has 3 heterocycles. The number of carbonyl (C=O) groups is 1. The minimum absolute atomic E-state index is 0.0260. The Labute approximate surface area is 199 Å². The molecule has 0 radical (unpaired) electrons. The number of carbonyl (C=O) groups excluding carboxylic acids is 1. The minimum Gasteiger partial charge on any atom is -0.481 e. The number of hydrogen-bond acceptors (Lipinski definition) is 6. The molecule has 0 N–H and O–H groups in total. The number of thiazole rings is 1. The molecule has 2 aliphatic carbocycles. The Hall–Kier alpha value is -2.93. The summed E-state index contributed by atoms with van der Waals surface area (Å²) in [6, 6.07) is 4.21. The summed E-state index contributed by atoms with van der Waals surface area (Å²) in [6.07, 6.45) is 14.9. The van der Waals surface area contributed by atoms with E-state index in [1.807, 2.05) is 24.0 Å². The lowest BCUT2D eigenvalue weighted by Gasteiger charge is -2.24. The second-order valence-electron chi connectivity index (χ2n) is 9.07. The van der Waals surface area contributed by atoms with Crippen LogP contribution in [0, 0.1) is 12.8 Å². The number of methoxy groups -OCH3 is 1. The minimum atomic E-state index is 0.0260. The largest absolute Gasteiger partial charge is 0.481 e. The molecule has 1 fully saturated rings. The average molecular weight is 463 g/mol. The molecule has 0 saturated heterocycles. The first-order valence-corrected chi connectivity index (χ1v) is 12.4. The maximum atomic E-state index is 13.8. The second-order valence-corrected chi connectivity index (χ2v) is 10.3. The fourth-order valence-electron chi connectivity index (χ4n) is 4.64. The van der Waals surface area contributed by atoms with Crippen LogP contribution in [0.15, 0.2) is 53.9 Å². The van der Waals surface area contributed by atoms with Crippen molar-refractivity contribution >= 4 is 17.2 Å². The molecule has 3 aliphatic rings. The highest BCUT2D eigenvalue weighted by Gasteiger charge is 2.32. The molecule has 5 rings (SSSR count). The summed E-state index contributed by atoms with van der Waals surface area (Å²) >= 11 is 1.55. The van der Waals surface area contributed by atoms with Crippen molar-refractivity contribution < 1.29 is 9.53 Å². The lowest BCUT2D eigenvalue weighted by molar-refractivity contribution is 0.0745. The SMILES string of the molecule is COc1ccc(-c2sc(C)nc2C(=O)N(CCC2=CN(C)C3CC=CC=C23)CC2CC2)cn1. The first-order valence-electron chi connectivity index (χ1n) is 11.6. The Bertz CT molecular complexity index is 1130. The number of nitrogens with zero attached hydrogens (tertiary/aromatic N) is 4. The zero-order valence-electron chi connectivity index (χ0n) is 19.5. The van der Waals surface area contributed by atoms with E-state index < -0.39 is 0 Å². The summed E-state index contributed by atoms with van der Waals surface area (Å²) in [7, 11) is 3.74. The van der Waals surface area contributed by atoms with Crippen molar-refractivity contribution in [2.24, 2.45) is 5.92 Å². The molecule has 172 valence electrons. The molecule has 0 aromatic carbocycles. The van der Waals surface area contributed by atoms with Gasteiger partial charge in [-0.3, -0.25) is 4.79 Å². The first-order chi connectivity index (χ1) is 16.0. The molecule has 1 unspecified atom stereocenters. The quantitative estimate of drug-likeness (QED) is 0.561. The van der Waals surface area contributed by atoms with Crippen molar-refractivity contribution in [1.29, 1.82) is 0 Å². The maximum absolute atomic E-state index is 13.8. The van der Waals surface area contributed by atoms with E-state index in [4.69, 9.17) is 4.74 Å². The normalized spacial score (nSPS) is 19.2. The molecule has 2 aromatic rings. The van der Waals surface area contributed by atoms with Crippen molar-refractivity contribution in [3.8, 4) is 16.3 Å². The van der Waals surface area contributed by atoms with Crippen LogP contribution in [0.4, 0.5) is 0 Å². The van der Waals surface area contributed by atoms with Crippen molar-refractivity contribution in [2.75, 3.05) is 27.2 Å². The van der Waals surface area contributed by atoms with Gasteiger partial charge >= 0.3 is 0 Å². The van der Waals surface area contributed by atoms with Gasteiger partial charge < -0.3 is 14.5 Å². The van der Waals surface area contributed by atoms with Gasteiger partial charge in [-0.25, -0.2) is 9.97 Å². The first kappa shape index (κ1) is 21.9. The number of aryl methyl sites for hydroxylation is 1. The summed E-state index contributed by atoms with van der Waals surface area (Å²) in [4.78, 5) is 28.0. The van der Waals surface area contributed by atoms with Gasteiger partial charge in [0.15, 0.2) is 0 Å². The van der Waals surface area contributed by atoms with E-state index in [1.165, 1.54) is 24.0 Å². The van der Waals surface area contributed by atoms with Crippen molar-refractivity contribution in [1.82, 2.24) is 19.8 Å². The Kier molecular flexibility index (Phi) is 6.06. The number of likely N-dealkylation sites (N-methyl/N-ethyl adjacent to an activating group) is 1. The van der Waals surface area contributed by atoms with Gasteiger partial charge in [-0.05, 0) is 55.7 Å². The van der Waals surface area contributed by atoms with Gasteiger partial charge in [0.25, 0.3) is 5.91 Å². The molecule has 6 nitrogen and oxygen atoms in total. The summed E-state index contributed by atoms with van der Waals surface area (Å²) < 4.78 is 5.19. The maximum Gasteiger partial charge on any atom is 0.274 e. The topological polar surface area (TPSA) is 58.6 Å². The number of hydrogen-bond donors (Lipinski definition) is 0. The van der Waals surface area contributed by atoms with Crippen LogP contribution < -0.4 is 4.74 Å². The number of pyridine rings is 1. The number of amides is 1. The molecule has 2 aromatic heterocycles. The van der Waals surface area contributed by atoms with E-state index >= 15 is 0 Å². The Balaban J connectivity index is 1.37. The van der Waals surface area contributed by atoms with Gasteiger partial charge in [0.05, 0.1) is 23.0 Å². The summed E-state index contributed by atoms with van der Waals surface area (Å²) in [6.45, 7) is 3.47. The molecule has 33 heavy (non-hydrogen) atoms. The third-order valence-electron chi connectivity index (χ3n) is 6.61. The highest BCUT2D eigenvalue weighted by atomic mass is 32.1. The Morgan fingerprint density at radius 3 is 2.91 bits per heavy atom. The van der Waals surface area contributed by atoms with Crippen LogP contribution in [0.5, 0.6) is 5.88 Å². The smallest absolute Gasteiger partial charge is 0.274 e. The van der Waals surface area contributed by atoms with Crippen LogP contribution in [-0.2, 0) is 0 Å². The van der Waals surface area contributed by atoms with Crippen molar-refractivity contribution in [3.63, 3.8) is 0 Å². The predicted octanol–water partition coefficient (Wildman–Crippen LogP) is 4.85. The van der Waals surface area contributed by atoms with Gasteiger partial charge in [-0.2, -0.15) is 0 Å². The highest BCUT2D eigenvalue weighted by molar-refractivity contribution is 7.15. The molecule has 1 saturated carbocycles. The number of ether oxygens (including phenoxy) is 1. The van der Waals surface area contributed by atoms with Gasteiger partial charge in [-0.1, -0.05) is 18.2 Å². The monoisotopic (exact) mass is 462 g/mol. The average Bonchev–Trinajstić information content (AvgIpc) is 3.49. The van der Waals surface area contributed by atoms with E-state index in [0.717, 1.165) is 34.8 Å². The van der Waals surface area contributed by atoms with E-state index in [-0.39, 0.29) is 5.91 Å². The molecular weight excluding hydrogens is 432 g/mol. The third kappa shape index (κ3) is 4.60. The van der Waals surface area contributed by atoms with Gasteiger partial charge in [0.2, 0.25) is 5.88 Å². The van der Waals surface area contributed by atoms with Crippen LogP contribution in [0.1, 0.15) is 41.2 Å². The highest BCUT2D eigenvalue weighted by Crippen LogP contribution is 2.36. The Morgan fingerprint density at radius 1 is 1.33 bits per heavy atom. The molecule has 7 heteroatoms. The van der Waals surface area contributed by atoms with Crippen LogP contribution in [-0.4, -0.2) is 59.0 Å². The van der Waals surface area contributed by atoms with Gasteiger partial charge in [0, 0.05) is 44.2 Å². The number of fused-ring (bicyclic) bond motifs is 1. The summed E-state index contributed by atoms with van der Waals surface area (Å²) in [5.74, 6) is 1.20. The van der Waals surface area contributed by atoms with Crippen LogP contribution in [0.2, 0.25) is 0 Å². The number of rotatable bonds is 8. The van der Waals surface area contributed by atoms with E-state index in [9.17, 15) is 4.79 Å². The fourth-order valence-corrected chi connectivity index (χ4v) is 5.54. The van der Waals surface area contributed by atoms with Crippen LogP contribution in [0.3, 0.4) is 0 Å². The lowest BCUT2D eigenvalue weighted by Crippen LogP contribution is -2.34. The van der Waals surface area contributed by atoms with Crippen molar-refractivity contribution in [2.45, 2.75) is 38.6 Å². The zero-order valence-corrected chi connectivity index (χ0v) is 20.3. The molecule has 1 atom stereocenters. The predicted molar refractivity (Wildman–Crippen MR) is 131 cm³/mol. The van der Waals surface area contributed by atoms with Crippen LogP contribution >= 0.6 is 11.3 Å². The number of allylic oxidation sites excluding steroid dienone is 2. The van der Waals surface area contributed by atoms with Crippen LogP contribution in [0.25, 0.3) is 10.4 Å². The molecule has 1 amide bonds. The molecule has 0 spiro atoms. The van der Waals surface area contributed by atoms with E-state index in [1.54, 1.807) is 24.6 Å². The summed E-state index contributed by atoms with van der Waals surface area (Å²) in [5.41, 5.74) is 4.18. The standard InChI is InChI=1S/C26H30N4O2S/c1-17-28-24(25(33-17)19-10-11-23(32-3)27-14-19)26(31)30(15-18-8-9-18)13-12-20-16-29(2)22-7-5-4-6-21(20)22/h4-6,10-11,14,16,18,22H,7-9,12-13,15H2,1-3H3. The van der Waals surface area contributed by atoms with E-state index in [0.29, 0.717) is 30.1 Å². The van der Waals surface area contributed by atoms with E-state index in [2.05, 4.69) is 46.3 Å². The lowest BCUT2D eigenvalue weighted by atomic mass is 9.94. The van der Waals surface area contributed by atoms with Gasteiger partial charge in [-0.15, -0.1) is 11.3 Å². The fraction of sp³-hybridized carbons (Fsp3) is 0.423. The zero-order chi connectivity index (χ0) is 22.9. The molecule has 1 aliphatic heterocycles. The molecule has 0 bridgehead atoms. The third-order valence-corrected chi connectivity index (χ3v) is 7.63. The van der Waals surface area contributed by atoms with Crippen molar-refractivity contribution in [3.05, 3.63) is 64.6 Å². The Morgan fingerprint density at radius 2 is 2.18 bits per heavy atom. The molecular formula is C26H30N4O2S.